The van der Waals surface area contributed by atoms with Gasteiger partial charge in [0.25, 0.3) is 0 Å². The summed E-state index contributed by atoms with van der Waals surface area (Å²) in [5.74, 6) is -0.322. The number of alkyl carbamates (subject to hydrolysis) is 1. The number of nitrogens with one attached hydrogen (secondary N) is 1. The predicted molar refractivity (Wildman–Crippen MR) is 216 cm³/mol. The molecule has 15 nitrogen and oxygen atoms in total. The van der Waals surface area contributed by atoms with Crippen molar-refractivity contribution in [3.05, 3.63) is 24.3 Å². The van der Waals surface area contributed by atoms with Crippen molar-refractivity contribution in [1.29, 1.82) is 0 Å². The summed E-state index contributed by atoms with van der Waals surface area (Å²) in [7, 11) is 1.58. The molecule has 7 aliphatic rings. The first-order valence-corrected chi connectivity index (χ1v) is 22.3. The molecule has 7 fully saturated rings. The number of ketones is 2. The molecule has 0 aromatic carbocycles. The first-order chi connectivity index (χ1) is 28.5. The molecule has 7 heterocycles. The molecule has 0 aromatic rings. The van der Waals surface area contributed by atoms with E-state index in [9.17, 15) is 29.7 Å². The first kappa shape index (κ1) is 45.7. The van der Waals surface area contributed by atoms with Crippen molar-refractivity contribution in [1.82, 2.24) is 5.32 Å². The highest BCUT2D eigenvalue weighted by Gasteiger charge is 2.57. The standard InChI is InChI=1S/C45H69NO14/c1-22-14-29-10-12-32-23(2)15-28(54-32)9-8-25(47)18-36-38(50)42-43(59-36)39(51)41-33(58-42)13-11-30(56-41)16-26(48)17-31-35(20-34(55-29)24(22)3)57-37(40(31)53-7)19-27(49)21-46-44(52)60-45(4,5)6/h22,27-43,49-51H,2-3,8-21H2,1,4-7H3,(H,46,52)/t22?,27?,28?,29?,30?,31?,32-,33?,34?,35-,36?,37+,38?,39?,40+,41-,42-,43-/m0/s1. The normalized spacial score (nSPS) is 43.6. The summed E-state index contributed by atoms with van der Waals surface area (Å²) in [4.78, 5) is 39.6. The van der Waals surface area contributed by atoms with E-state index in [2.05, 4.69) is 25.4 Å². The van der Waals surface area contributed by atoms with Gasteiger partial charge in [0, 0.05) is 58.1 Å². The molecule has 0 aliphatic carbocycles. The highest BCUT2D eigenvalue weighted by atomic mass is 16.6. The van der Waals surface area contributed by atoms with E-state index in [1.54, 1.807) is 27.9 Å². The van der Waals surface area contributed by atoms with Crippen LogP contribution in [0.1, 0.15) is 111 Å². The number of hydrogen-bond donors (Lipinski definition) is 4. The van der Waals surface area contributed by atoms with Gasteiger partial charge in [0.2, 0.25) is 0 Å². The van der Waals surface area contributed by atoms with Crippen molar-refractivity contribution >= 4 is 17.7 Å². The summed E-state index contributed by atoms with van der Waals surface area (Å²) in [6, 6.07) is 0. The van der Waals surface area contributed by atoms with Crippen LogP contribution in [0.2, 0.25) is 0 Å². The van der Waals surface area contributed by atoms with Gasteiger partial charge in [0.05, 0.1) is 67.1 Å². The van der Waals surface area contributed by atoms with Gasteiger partial charge in [0.1, 0.15) is 47.7 Å². The molecule has 7 rings (SSSR count). The average Bonchev–Trinajstić information content (AvgIpc) is 3.81. The largest absolute Gasteiger partial charge is 0.444 e. The van der Waals surface area contributed by atoms with Crippen molar-refractivity contribution < 1.29 is 67.6 Å². The highest BCUT2D eigenvalue weighted by Crippen LogP contribution is 2.43. The van der Waals surface area contributed by atoms with Crippen LogP contribution in [0.15, 0.2) is 24.3 Å². The number of carbonyl (C=O) groups excluding carboxylic acids is 3. The van der Waals surface area contributed by atoms with Crippen LogP contribution < -0.4 is 5.32 Å². The molecule has 0 spiro atoms. The molecule has 7 aliphatic heterocycles. The van der Waals surface area contributed by atoms with Crippen LogP contribution >= 0.6 is 0 Å². The number of methoxy groups -OCH3 is 1. The number of rotatable bonds is 5. The third kappa shape index (κ3) is 10.7. The molecule has 0 aromatic heterocycles. The lowest BCUT2D eigenvalue weighted by Crippen LogP contribution is -2.61. The van der Waals surface area contributed by atoms with Gasteiger partial charge < -0.3 is 58.5 Å². The van der Waals surface area contributed by atoms with E-state index in [1.807, 2.05) is 0 Å². The predicted octanol–water partition coefficient (Wildman–Crippen LogP) is 3.80. The zero-order chi connectivity index (χ0) is 43.0. The van der Waals surface area contributed by atoms with E-state index in [-0.39, 0.29) is 86.5 Å². The number of aliphatic hydroxyl groups excluding tert-OH is 3. The monoisotopic (exact) mass is 847 g/mol. The van der Waals surface area contributed by atoms with Crippen LogP contribution in [0, 0.1) is 11.8 Å². The molecule has 4 N–H and O–H groups in total. The van der Waals surface area contributed by atoms with Gasteiger partial charge in [-0.2, -0.15) is 0 Å². The molecule has 338 valence electrons. The third-order valence-corrected chi connectivity index (χ3v) is 13.8. The molecule has 0 radical (unpaired) electrons. The minimum atomic E-state index is -1.12. The quantitative estimate of drug-likeness (QED) is 0.292. The number of ether oxygens (including phenoxy) is 8. The smallest absolute Gasteiger partial charge is 0.407 e. The van der Waals surface area contributed by atoms with Crippen LogP contribution in [-0.4, -0.2) is 150 Å². The Balaban J connectivity index is 1.09. The van der Waals surface area contributed by atoms with Crippen molar-refractivity contribution in [3.63, 3.8) is 0 Å². The van der Waals surface area contributed by atoms with Gasteiger partial charge in [0.15, 0.2) is 0 Å². The average molecular weight is 848 g/mol. The molecule has 15 heteroatoms. The summed E-state index contributed by atoms with van der Waals surface area (Å²) in [6.45, 7) is 16.1. The second-order valence-electron chi connectivity index (χ2n) is 19.5. The first-order valence-electron chi connectivity index (χ1n) is 22.3. The molecule has 11 unspecified atom stereocenters. The Morgan fingerprint density at radius 2 is 1.48 bits per heavy atom. The van der Waals surface area contributed by atoms with Crippen molar-refractivity contribution in [2.24, 2.45) is 11.8 Å². The maximum atomic E-state index is 14.1. The Kier molecular flexibility index (Phi) is 14.6. The summed E-state index contributed by atoms with van der Waals surface area (Å²) in [6.07, 6.45) is -4.81. The summed E-state index contributed by atoms with van der Waals surface area (Å²) in [5, 5.41) is 36.5. The van der Waals surface area contributed by atoms with Crippen LogP contribution in [0.25, 0.3) is 0 Å². The summed E-state index contributed by atoms with van der Waals surface area (Å²) < 4.78 is 50.1. The lowest BCUT2D eigenvalue weighted by molar-refractivity contribution is -0.259. The molecule has 7 saturated heterocycles. The Labute approximate surface area is 354 Å². The Hall–Kier alpha value is -2.31. The van der Waals surface area contributed by atoms with E-state index in [1.165, 1.54) is 0 Å². The van der Waals surface area contributed by atoms with Gasteiger partial charge >= 0.3 is 6.09 Å². The maximum absolute atomic E-state index is 14.1. The van der Waals surface area contributed by atoms with E-state index in [4.69, 9.17) is 37.9 Å². The number of aliphatic hydroxyl groups is 3. The molecule has 60 heavy (non-hydrogen) atoms. The fraction of sp³-hybridized carbons (Fsp3) is 0.844. The van der Waals surface area contributed by atoms with Gasteiger partial charge in [-0.3, -0.25) is 9.59 Å². The Morgan fingerprint density at radius 3 is 2.23 bits per heavy atom. The SMILES string of the molecule is C=C1C(C)CC2CC[C@@H]3OC(CCC(=O)CC4O[C@H]5C(O)[C@H]6OC(CCC6O[C@H]5C4O)CC(=O)CC4[C@H](CC1O2)O[C@H](CC(O)CNC(=O)OC(C)(C)C)[C@@H]4OC)CC3=C. The number of amides is 1. The molecular formula is C45H69NO14. The van der Waals surface area contributed by atoms with E-state index >= 15 is 0 Å². The molecule has 1 amide bonds. The molecule has 8 bridgehead atoms. The number of hydrogen-bond acceptors (Lipinski definition) is 14. The van der Waals surface area contributed by atoms with Gasteiger partial charge in [-0.25, -0.2) is 4.79 Å². The Bertz CT molecular complexity index is 1570. The van der Waals surface area contributed by atoms with Crippen molar-refractivity contribution in [2.75, 3.05) is 13.7 Å². The van der Waals surface area contributed by atoms with Crippen molar-refractivity contribution in [2.45, 2.75) is 214 Å². The van der Waals surface area contributed by atoms with E-state index < -0.39 is 84.9 Å². The second-order valence-corrected chi connectivity index (χ2v) is 19.5. The van der Waals surface area contributed by atoms with E-state index in [0.717, 1.165) is 30.4 Å². The van der Waals surface area contributed by atoms with Gasteiger partial charge in [-0.1, -0.05) is 20.1 Å². The lowest BCUT2D eigenvalue weighted by Gasteiger charge is -2.46. The minimum absolute atomic E-state index is 0.00451. The minimum Gasteiger partial charge on any atom is -0.444 e. The molecule has 18 atom stereocenters. The maximum Gasteiger partial charge on any atom is 0.407 e. The highest BCUT2D eigenvalue weighted by molar-refractivity contribution is 5.79. The topological polar surface area (TPSA) is 198 Å². The number of fused-ring (bicyclic) bond motifs is 7. The molecular weight excluding hydrogens is 778 g/mol. The van der Waals surface area contributed by atoms with Crippen LogP contribution in [0.4, 0.5) is 4.79 Å². The van der Waals surface area contributed by atoms with Crippen molar-refractivity contribution in [3.8, 4) is 0 Å². The van der Waals surface area contributed by atoms with Gasteiger partial charge in [-0.05, 0) is 82.8 Å². The van der Waals surface area contributed by atoms with Crippen LogP contribution in [-0.2, 0) is 47.5 Å². The third-order valence-electron chi connectivity index (χ3n) is 13.8. The molecule has 0 saturated carbocycles. The fourth-order valence-corrected chi connectivity index (χ4v) is 10.7. The fourth-order valence-electron chi connectivity index (χ4n) is 10.7. The van der Waals surface area contributed by atoms with Gasteiger partial charge in [-0.15, -0.1) is 0 Å². The summed E-state index contributed by atoms with van der Waals surface area (Å²) in [5.41, 5.74) is 1.28. The lowest BCUT2D eigenvalue weighted by atomic mass is 9.81. The number of Topliss-reactive ketones (excluding diaryl/α,β-unsaturated/α-hetero) is 2. The van der Waals surface area contributed by atoms with Crippen LogP contribution in [0.5, 0.6) is 0 Å². The van der Waals surface area contributed by atoms with E-state index in [0.29, 0.717) is 32.1 Å². The zero-order valence-electron chi connectivity index (χ0n) is 36.0. The Morgan fingerprint density at radius 1 is 0.783 bits per heavy atom. The zero-order valence-corrected chi connectivity index (χ0v) is 36.0. The number of carbonyl (C=O) groups is 3. The second kappa shape index (κ2) is 19.2. The van der Waals surface area contributed by atoms with Crippen LogP contribution in [0.3, 0.4) is 0 Å². The summed E-state index contributed by atoms with van der Waals surface area (Å²) >= 11 is 0.